The van der Waals surface area contributed by atoms with Gasteiger partial charge in [-0.25, -0.2) is 0 Å². The second-order valence-electron chi connectivity index (χ2n) is 20.0. The van der Waals surface area contributed by atoms with Crippen molar-refractivity contribution < 1.29 is 24.5 Å². The molecule has 65 heavy (non-hydrogen) atoms. The van der Waals surface area contributed by atoms with Gasteiger partial charge in [0.2, 0.25) is 5.91 Å². The Bertz CT molecular complexity index is 1030. The summed E-state index contributed by atoms with van der Waals surface area (Å²) in [6, 6.07) is -0.701. The van der Waals surface area contributed by atoms with Gasteiger partial charge in [0.1, 0.15) is 6.10 Å². The number of esters is 1. The summed E-state index contributed by atoms with van der Waals surface area (Å²) in [4.78, 5) is 26.3. The van der Waals surface area contributed by atoms with Crippen LogP contribution in [0.4, 0.5) is 0 Å². The predicted molar refractivity (Wildman–Crippen MR) is 283 cm³/mol. The zero-order valence-electron chi connectivity index (χ0n) is 43.9. The van der Waals surface area contributed by atoms with Crippen LogP contribution in [0.3, 0.4) is 0 Å². The Morgan fingerprint density at radius 2 is 0.738 bits per heavy atom. The molecule has 0 aliphatic carbocycles. The molecule has 0 saturated heterocycles. The number of unbranched alkanes of at least 4 members (excludes halogenated alkanes) is 37. The Morgan fingerprint density at radius 3 is 1.09 bits per heavy atom. The standard InChI is InChI=1S/C59H113NO5/c1-4-7-10-13-16-19-22-24-26-28-30-32-34-37-40-43-46-49-52-59(64)65-55(50-47-44-41-38-36-33-31-29-27-25-23-20-17-14-11-8-5-2)53-58(63)60-56(54-61)57(62)51-48-45-42-39-35-21-18-15-12-9-6-3/h25,27,30,32,55-57,61-62H,4-24,26,28-29,31,33-54H2,1-3H3,(H,60,63)/b27-25+,32-30+. The molecule has 3 atom stereocenters. The molecule has 1 amide bonds. The number of aliphatic hydroxyl groups is 2. The second kappa shape index (κ2) is 53.3. The van der Waals surface area contributed by atoms with Gasteiger partial charge in [0.25, 0.3) is 0 Å². The molecule has 0 aromatic carbocycles. The van der Waals surface area contributed by atoms with Crippen molar-refractivity contribution >= 4 is 11.9 Å². The van der Waals surface area contributed by atoms with Crippen LogP contribution in [0.5, 0.6) is 0 Å². The molecule has 0 spiro atoms. The molecule has 0 saturated carbocycles. The van der Waals surface area contributed by atoms with E-state index in [0.29, 0.717) is 19.3 Å². The SMILES string of the molecule is CCCCCCCC/C=C/CCCCCCCCCC(CC(=O)NC(CO)C(O)CCCCCCCCCCCCC)OC(=O)CCCCCCC/C=C/CCCCCCCCCCC. The molecule has 0 heterocycles. The number of carbonyl (C=O) groups excluding carboxylic acids is 2. The number of allylic oxidation sites excluding steroid dienone is 4. The van der Waals surface area contributed by atoms with Gasteiger partial charge in [-0.2, -0.15) is 0 Å². The van der Waals surface area contributed by atoms with E-state index in [9.17, 15) is 19.8 Å². The summed E-state index contributed by atoms with van der Waals surface area (Å²) in [5, 5.41) is 23.8. The number of amides is 1. The fourth-order valence-electron chi connectivity index (χ4n) is 9.07. The fourth-order valence-corrected chi connectivity index (χ4v) is 9.07. The third-order valence-electron chi connectivity index (χ3n) is 13.5. The highest BCUT2D eigenvalue weighted by Crippen LogP contribution is 2.18. The number of hydrogen-bond donors (Lipinski definition) is 3. The summed E-state index contributed by atoms with van der Waals surface area (Å²) in [6.45, 7) is 6.50. The maximum absolute atomic E-state index is 13.3. The highest BCUT2D eigenvalue weighted by molar-refractivity contribution is 5.77. The van der Waals surface area contributed by atoms with Gasteiger partial charge >= 0.3 is 5.97 Å². The normalized spacial score (nSPS) is 13.2. The Hall–Kier alpha value is -1.66. The van der Waals surface area contributed by atoms with Crippen molar-refractivity contribution in [2.75, 3.05) is 6.61 Å². The quantitative estimate of drug-likeness (QED) is 0.0321. The van der Waals surface area contributed by atoms with Crippen LogP contribution >= 0.6 is 0 Å². The van der Waals surface area contributed by atoms with Crippen LogP contribution in [-0.2, 0) is 14.3 Å². The number of carbonyl (C=O) groups is 2. The first kappa shape index (κ1) is 63.3. The fraction of sp³-hybridized carbons (Fsp3) is 0.898. The Labute approximate surface area is 405 Å². The molecule has 6 heteroatoms. The summed E-state index contributed by atoms with van der Waals surface area (Å²) in [5.41, 5.74) is 0. The number of ether oxygens (including phenoxy) is 1. The van der Waals surface area contributed by atoms with E-state index in [1.54, 1.807) is 0 Å². The lowest BCUT2D eigenvalue weighted by Gasteiger charge is -2.24. The summed E-state index contributed by atoms with van der Waals surface area (Å²) >= 11 is 0. The van der Waals surface area contributed by atoms with Crippen LogP contribution in [0, 0.1) is 0 Å². The molecule has 3 N–H and O–H groups in total. The van der Waals surface area contributed by atoms with Crippen LogP contribution < -0.4 is 5.32 Å². The van der Waals surface area contributed by atoms with E-state index in [1.165, 1.54) is 212 Å². The number of hydrogen-bond acceptors (Lipinski definition) is 5. The summed E-state index contributed by atoms with van der Waals surface area (Å²) in [5.74, 6) is -0.471. The molecular weight excluding hydrogens is 803 g/mol. The molecule has 0 bridgehead atoms. The molecule has 0 aromatic heterocycles. The molecule has 6 nitrogen and oxygen atoms in total. The molecule has 0 aromatic rings. The first-order valence-electron chi connectivity index (χ1n) is 29.1. The average Bonchev–Trinajstić information content (AvgIpc) is 3.30. The average molecular weight is 917 g/mol. The van der Waals surface area contributed by atoms with Crippen LogP contribution in [0.15, 0.2) is 24.3 Å². The van der Waals surface area contributed by atoms with Gasteiger partial charge < -0.3 is 20.3 Å². The molecule has 384 valence electrons. The van der Waals surface area contributed by atoms with Gasteiger partial charge in [-0.1, -0.05) is 251 Å². The second-order valence-corrected chi connectivity index (χ2v) is 20.0. The molecular formula is C59H113NO5. The third kappa shape index (κ3) is 48.6. The molecule has 0 aliphatic rings. The maximum atomic E-state index is 13.3. The Balaban J connectivity index is 4.54. The van der Waals surface area contributed by atoms with Gasteiger partial charge in [0.05, 0.1) is 25.2 Å². The lowest BCUT2D eigenvalue weighted by Crippen LogP contribution is -2.46. The van der Waals surface area contributed by atoms with E-state index in [-0.39, 0.29) is 24.9 Å². The third-order valence-corrected chi connectivity index (χ3v) is 13.5. The van der Waals surface area contributed by atoms with Gasteiger partial charge in [-0.05, 0) is 77.0 Å². The molecule has 0 fully saturated rings. The minimum absolute atomic E-state index is 0.0758. The summed E-state index contributed by atoms with van der Waals surface area (Å²) in [7, 11) is 0. The van der Waals surface area contributed by atoms with Crippen molar-refractivity contribution in [2.24, 2.45) is 0 Å². The number of nitrogens with one attached hydrogen (secondary N) is 1. The maximum Gasteiger partial charge on any atom is 0.306 e. The van der Waals surface area contributed by atoms with Crippen molar-refractivity contribution in [3.05, 3.63) is 24.3 Å². The van der Waals surface area contributed by atoms with Gasteiger partial charge in [0, 0.05) is 6.42 Å². The molecule has 0 rings (SSSR count). The van der Waals surface area contributed by atoms with Crippen LogP contribution in [0.1, 0.15) is 316 Å². The van der Waals surface area contributed by atoms with Crippen molar-refractivity contribution in [3.8, 4) is 0 Å². The monoisotopic (exact) mass is 916 g/mol. The minimum Gasteiger partial charge on any atom is -0.462 e. The van der Waals surface area contributed by atoms with E-state index in [1.807, 2.05) is 0 Å². The number of aliphatic hydroxyl groups excluding tert-OH is 2. The molecule has 0 radical (unpaired) electrons. The van der Waals surface area contributed by atoms with E-state index >= 15 is 0 Å². The predicted octanol–water partition coefficient (Wildman–Crippen LogP) is 17.9. The van der Waals surface area contributed by atoms with Crippen molar-refractivity contribution in [1.82, 2.24) is 5.32 Å². The van der Waals surface area contributed by atoms with Crippen LogP contribution in [0.25, 0.3) is 0 Å². The lowest BCUT2D eigenvalue weighted by atomic mass is 10.0. The first-order chi connectivity index (χ1) is 32.0. The number of rotatable bonds is 53. The van der Waals surface area contributed by atoms with Gasteiger partial charge in [-0.15, -0.1) is 0 Å². The van der Waals surface area contributed by atoms with E-state index in [4.69, 9.17) is 4.74 Å². The van der Waals surface area contributed by atoms with Gasteiger partial charge in [-0.3, -0.25) is 9.59 Å². The largest absolute Gasteiger partial charge is 0.462 e. The minimum atomic E-state index is -0.787. The van der Waals surface area contributed by atoms with E-state index in [2.05, 4.69) is 50.4 Å². The zero-order chi connectivity index (χ0) is 47.4. The van der Waals surface area contributed by atoms with Crippen molar-refractivity contribution in [1.29, 1.82) is 0 Å². The summed E-state index contributed by atoms with van der Waals surface area (Å²) in [6.07, 6.45) is 62.5. The Morgan fingerprint density at radius 1 is 0.431 bits per heavy atom. The topological polar surface area (TPSA) is 95.9 Å². The summed E-state index contributed by atoms with van der Waals surface area (Å²) < 4.78 is 5.96. The smallest absolute Gasteiger partial charge is 0.306 e. The Kier molecular flexibility index (Phi) is 51.9. The van der Waals surface area contributed by atoms with Crippen molar-refractivity contribution in [3.63, 3.8) is 0 Å². The van der Waals surface area contributed by atoms with Crippen LogP contribution in [-0.4, -0.2) is 46.9 Å². The highest BCUT2D eigenvalue weighted by Gasteiger charge is 2.24. The zero-order valence-corrected chi connectivity index (χ0v) is 43.9. The lowest BCUT2D eigenvalue weighted by molar-refractivity contribution is -0.151. The molecule has 0 aliphatic heterocycles. The van der Waals surface area contributed by atoms with E-state index in [0.717, 1.165) is 57.8 Å². The van der Waals surface area contributed by atoms with E-state index < -0.39 is 18.2 Å². The highest BCUT2D eigenvalue weighted by atomic mass is 16.5. The van der Waals surface area contributed by atoms with Crippen LogP contribution in [0.2, 0.25) is 0 Å². The first-order valence-corrected chi connectivity index (χ1v) is 29.1. The van der Waals surface area contributed by atoms with Gasteiger partial charge in [0.15, 0.2) is 0 Å². The molecule has 3 unspecified atom stereocenters. The van der Waals surface area contributed by atoms with Crippen molar-refractivity contribution in [2.45, 2.75) is 334 Å².